The maximum Gasteiger partial charge on any atom is 0.407 e. The van der Waals surface area contributed by atoms with Gasteiger partial charge < -0.3 is 25.4 Å². The van der Waals surface area contributed by atoms with Gasteiger partial charge >= 0.3 is 12.1 Å². The first-order valence-corrected chi connectivity index (χ1v) is 19.3. The zero-order valence-electron chi connectivity index (χ0n) is 33.0. The Morgan fingerprint density at radius 2 is 1.59 bits per heavy atom. The molecular formula is C47H53N3O5S. The Bertz CT molecular complexity index is 2010. The number of rotatable bonds is 15. The van der Waals surface area contributed by atoms with Crippen molar-refractivity contribution in [2.75, 3.05) is 25.6 Å². The van der Waals surface area contributed by atoms with E-state index in [9.17, 15) is 14.4 Å². The van der Waals surface area contributed by atoms with E-state index in [4.69, 9.17) is 21.7 Å². The van der Waals surface area contributed by atoms with Gasteiger partial charge in [0.15, 0.2) is 0 Å². The number of carbonyl (C=O) groups is 3. The predicted molar refractivity (Wildman–Crippen MR) is 231 cm³/mol. The zero-order chi connectivity index (χ0) is 40.5. The van der Waals surface area contributed by atoms with Gasteiger partial charge in [-0.1, -0.05) is 128 Å². The second kappa shape index (κ2) is 21.9. The molecule has 0 saturated heterocycles. The number of alkyl carbamates (subject to hydrolysis) is 1. The summed E-state index contributed by atoms with van der Waals surface area (Å²) in [6.45, 7) is 11.8. The van der Waals surface area contributed by atoms with Gasteiger partial charge in [-0.15, -0.1) is 6.58 Å². The maximum absolute atomic E-state index is 12.6. The number of amides is 2. The van der Waals surface area contributed by atoms with Crippen LogP contribution >= 0.6 is 12.2 Å². The van der Waals surface area contributed by atoms with Crippen LogP contribution in [-0.4, -0.2) is 49.3 Å². The minimum Gasteiger partial charge on any atom is -0.467 e. The summed E-state index contributed by atoms with van der Waals surface area (Å²) in [7, 11) is 1.35. The van der Waals surface area contributed by atoms with Crippen LogP contribution in [0.2, 0.25) is 0 Å². The van der Waals surface area contributed by atoms with E-state index < -0.39 is 24.0 Å². The molecule has 1 aliphatic rings. The molecule has 0 spiro atoms. The fraction of sp³-hybridized carbons (Fsp3) is 0.277. The summed E-state index contributed by atoms with van der Waals surface area (Å²) < 4.78 is 10.6. The number of thiocarbonyl (C=S) groups is 1. The number of aryl methyl sites for hydroxylation is 2. The van der Waals surface area contributed by atoms with Crippen LogP contribution in [0.25, 0.3) is 11.1 Å². The predicted octanol–water partition coefficient (Wildman–Crippen LogP) is 9.56. The van der Waals surface area contributed by atoms with Gasteiger partial charge in [-0.25, -0.2) is 9.59 Å². The van der Waals surface area contributed by atoms with E-state index in [2.05, 4.69) is 72.8 Å². The Morgan fingerprint density at radius 1 is 0.929 bits per heavy atom. The summed E-state index contributed by atoms with van der Waals surface area (Å²) in [6.07, 6.45) is 10.9. The quantitative estimate of drug-likeness (QED) is 0.0479. The first kappa shape index (κ1) is 42.9. The Kier molecular flexibility index (Phi) is 16.8. The van der Waals surface area contributed by atoms with Crippen molar-refractivity contribution < 1.29 is 23.9 Å². The SMILES string of the molecule is C=CCC/C(C)=C\C=C/C.CCc1cccc(C)c1C(=S)NC(Cc1ccc(NC(=O)CNC(=O)OCC2c3ccccc3-c3ccccc32)cc1)C(=O)OC. The molecule has 0 radical (unpaired) electrons. The first-order valence-electron chi connectivity index (χ1n) is 18.9. The molecule has 1 unspecified atom stereocenters. The highest BCUT2D eigenvalue weighted by atomic mass is 32.1. The minimum absolute atomic E-state index is 0.0636. The number of benzene rings is 4. The number of hydrogen-bond acceptors (Lipinski definition) is 6. The molecule has 0 heterocycles. The van der Waals surface area contributed by atoms with Crippen molar-refractivity contribution in [3.8, 4) is 11.1 Å². The number of fused-ring (bicyclic) bond motifs is 3. The monoisotopic (exact) mass is 771 g/mol. The summed E-state index contributed by atoms with van der Waals surface area (Å²) >= 11 is 5.70. The van der Waals surface area contributed by atoms with Crippen molar-refractivity contribution in [1.29, 1.82) is 0 Å². The number of anilines is 1. The number of ether oxygens (including phenoxy) is 2. The Morgan fingerprint density at radius 3 is 2.20 bits per heavy atom. The zero-order valence-corrected chi connectivity index (χ0v) is 33.8. The van der Waals surface area contributed by atoms with Crippen LogP contribution in [0.4, 0.5) is 10.5 Å². The highest BCUT2D eigenvalue weighted by molar-refractivity contribution is 7.80. The molecule has 0 aliphatic heterocycles. The van der Waals surface area contributed by atoms with Crippen LogP contribution in [0.15, 0.2) is 127 Å². The van der Waals surface area contributed by atoms with E-state index in [0.717, 1.165) is 63.8 Å². The molecule has 292 valence electrons. The fourth-order valence-electron chi connectivity index (χ4n) is 6.55. The molecule has 0 fully saturated rings. The molecule has 1 atom stereocenters. The lowest BCUT2D eigenvalue weighted by Crippen LogP contribution is -2.43. The maximum atomic E-state index is 12.6. The molecular weight excluding hydrogens is 719 g/mol. The van der Waals surface area contributed by atoms with Gasteiger partial charge in [0.1, 0.15) is 24.2 Å². The van der Waals surface area contributed by atoms with Crippen LogP contribution in [0, 0.1) is 6.92 Å². The average molecular weight is 772 g/mol. The first-order chi connectivity index (χ1) is 27.1. The molecule has 4 aromatic carbocycles. The number of carbonyl (C=O) groups excluding carboxylic acids is 3. The van der Waals surface area contributed by atoms with Crippen molar-refractivity contribution in [2.45, 2.75) is 65.3 Å². The van der Waals surface area contributed by atoms with E-state index in [1.54, 1.807) is 12.1 Å². The molecule has 1 aliphatic carbocycles. The molecule has 4 aromatic rings. The summed E-state index contributed by atoms with van der Waals surface area (Å²) in [5.41, 5.74) is 10.4. The third-order valence-electron chi connectivity index (χ3n) is 9.49. The lowest BCUT2D eigenvalue weighted by atomic mass is 9.98. The average Bonchev–Trinajstić information content (AvgIpc) is 3.54. The van der Waals surface area contributed by atoms with Crippen LogP contribution in [0.1, 0.15) is 72.9 Å². The third kappa shape index (κ3) is 12.1. The summed E-state index contributed by atoms with van der Waals surface area (Å²) in [5, 5.41) is 8.50. The van der Waals surface area contributed by atoms with Crippen molar-refractivity contribution in [3.05, 3.63) is 161 Å². The number of allylic oxidation sites excluding steroid dienone is 5. The van der Waals surface area contributed by atoms with Crippen LogP contribution in [0.5, 0.6) is 0 Å². The Labute approximate surface area is 337 Å². The van der Waals surface area contributed by atoms with E-state index in [1.807, 2.05) is 80.6 Å². The molecule has 2 amide bonds. The van der Waals surface area contributed by atoms with Gasteiger partial charge in [0.2, 0.25) is 5.91 Å². The van der Waals surface area contributed by atoms with Gasteiger partial charge in [-0.3, -0.25) is 4.79 Å². The number of esters is 1. The molecule has 0 bridgehead atoms. The molecule has 0 aromatic heterocycles. The third-order valence-corrected chi connectivity index (χ3v) is 9.81. The van der Waals surface area contributed by atoms with Gasteiger partial charge in [0.05, 0.1) is 7.11 Å². The molecule has 0 saturated carbocycles. The van der Waals surface area contributed by atoms with Crippen LogP contribution in [0.3, 0.4) is 0 Å². The number of hydrogen-bond donors (Lipinski definition) is 3. The van der Waals surface area contributed by atoms with Crippen molar-refractivity contribution in [3.63, 3.8) is 0 Å². The van der Waals surface area contributed by atoms with Crippen molar-refractivity contribution in [1.82, 2.24) is 10.6 Å². The van der Waals surface area contributed by atoms with Gasteiger partial charge in [-0.05, 0) is 91.1 Å². The van der Waals surface area contributed by atoms with Crippen molar-refractivity contribution in [2.24, 2.45) is 0 Å². The topological polar surface area (TPSA) is 106 Å². The Balaban J connectivity index is 0.000000613. The highest BCUT2D eigenvalue weighted by Crippen LogP contribution is 2.44. The second-order valence-corrected chi connectivity index (χ2v) is 13.9. The largest absolute Gasteiger partial charge is 0.467 e. The molecule has 9 heteroatoms. The van der Waals surface area contributed by atoms with Crippen molar-refractivity contribution >= 4 is 40.9 Å². The molecule has 56 heavy (non-hydrogen) atoms. The van der Waals surface area contributed by atoms with Gasteiger partial charge in [-0.2, -0.15) is 0 Å². The van der Waals surface area contributed by atoms with Crippen LogP contribution < -0.4 is 16.0 Å². The van der Waals surface area contributed by atoms with E-state index in [1.165, 1.54) is 12.7 Å². The standard InChI is InChI=1S/C37H37N3O5S.C10H16/c1-4-25-11-9-10-23(2)34(25)35(46)40-32(36(42)44-3)20-24-16-18-26(19-17-24)39-33(41)21-38-37(43)45-22-31-29-14-7-5-12-27(29)28-13-6-8-15-30(28)31;1-4-6-8-10(3)9-7-5-2/h5-19,31-32H,4,20-22H2,1-3H3,(H,38,43)(H,39,41)(H,40,46);4-5,7,9H,1,6,8H2,2-3H3/b;7-5-,10-9-. The summed E-state index contributed by atoms with van der Waals surface area (Å²) in [6, 6.07) is 28.7. The van der Waals surface area contributed by atoms with Gasteiger partial charge in [0, 0.05) is 23.6 Å². The summed E-state index contributed by atoms with van der Waals surface area (Å²) in [5.74, 6) is -0.886. The fourth-order valence-corrected chi connectivity index (χ4v) is 6.99. The van der Waals surface area contributed by atoms with E-state index >= 15 is 0 Å². The second-order valence-electron chi connectivity index (χ2n) is 13.5. The number of methoxy groups -OCH3 is 1. The molecule has 8 nitrogen and oxygen atoms in total. The highest BCUT2D eigenvalue weighted by Gasteiger charge is 2.29. The minimum atomic E-state index is -0.691. The number of nitrogens with one attached hydrogen (secondary N) is 3. The summed E-state index contributed by atoms with van der Waals surface area (Å²) in [4.78, 5) is 38.2. The lowest BCUT2D eigenvalue weighted by molar-refractivity contribution is -0.142. The smallest absolute Gasteiger partial charge is 0.407 e. The van der Waals surface area contributed by atoms with Crippen LogP contribution in [-0.2, 0) is 31.9 Å². The van der Waals surface area contributed by atoms with E-state index in [0.29, 0.717) is 17.1 Å². The molecule has 3 N–H and O–H groups in total. The Hall–Kier alpha value is -5.80. The van der Waals surface area contributed by atoms with Gasteiger partial charge in [0.25, 0.3) is 0 Å². The lowest BCUT2D eigenvalue weighted by Gasteiger charge is -2.21. The molecule has 5 rings (SSSR count). The normalized spacial score (nSPS) is 12.3. The van der Waals surface area contributed by atoms with E-state index in [-0.39, 0.29) is 19.1 Å².